The molecule has 2 aromatic carbocycles. The van der Waals surface area contributed by atoms with E-state index in [-0.39, 0.29) is 39.8 Å². The number of carbonyl (C=O) groups is 1. The second-order valence-corrected chi connectivity index (χ2v) is 17.5. The van der Waals surface area contributed by atoms with Crippen LogP contribution in [0.4, 0.5) is 11.4 Å². The normalized spacial score (nSPS) is 29.5. The molecule has 0 bridgehead atoms. The molecule has 1 aliphatic carbocycles. The predicted molar refractivity (Wildman–Crippen MR) is 198 cm³/mol. The molecule has 0 radical (unpaired) electrons. The predicted octanol–water partition coefficient (Wildman–Crippen LogP) is 9.33. The molecule has 0 fully saturated rings. The van der Waals surface area contributed by atoms with Crippen LogP contribution >= 0.6 is 0 Å². The lowest BCUT2D eigenvalue weighted by atomic mass is 9.59. The highest BCUT2D eigenvalue weighted by Gasteiger charge is 2.60. The molecule has 6 aliphatic rings. The van der Waals surface area contributed by atoms with Crippen molar-refractivity contribution >= 4 is 23.1 Å². The Balaban J connectivity index is 1.24. The third kappa shape index (κ3) is 4.74. The van der Waals surface area contributed by atoms with Crippen molar-refractivity contribution in [3.05, 3.63) is 94.2 Å². The molecule has 4 atom stereocenters. The number of para-hydroxylation sites is 2. The lowest BCUT2D eigenvalue weighted by molar-refractivity contribution is -0.466. The number of unbranched alkanes of at least 4 members (excludes halogenated alkanes) is 2. The van der Waals surface area contributed by atoms with Crippen LogP contribution in [0.5, 0.6) is 0 Å². The van der Waals surface area contributed by atoms with Crippen molar-refractivity contribution < 1.29 is 18.8 Å². The fraction of sp³-hybridized carbons (Fsp3) is 0.545. The smallest absolute Gasteiger partial charge is 0.305 e. The summed E-state index contributed by atoms with van der Waals surface area (Å²) in [5.74, 6) is 0.346. The maximum Gasteiger partial charge on any atom is 0.305 e. The van der Waals surface area contributed by atoms with Crippen LogP contribution in [-0.4, -0.2) is 48.2 Å². The van der Waals surface area contributed by atoms with E-state index in [9.17, 15) is 4.79 Å². The lowest BCUT2D eigenvalue weighted by Crippen LogP contribution is -2.57. The van der Waals surface area contributed by atoms with E-state index in [2.05, 4.69) is 119 Å². The SMILES string of the molecule is CCOC(=O)CCCCCC1(C)C2=C3C=C4C=C5C6=[N+](CC(C)(C)C5OC4C(C)(C)C3CCN2c2ccccc21)c1ccccc1C6(C)C. The minimum Gasteiger partial charge on any atom is -0.466 e. The lowest BCUT2D eigenvalue weighted by Gasteiger charge is -2.54. The Kier molecular flexibility index (Phi) is 7.54. The van der Waals surface area contributed by atoms with Crippen molar-refractivity contribution in [3.63, 3.8) is 0 Å². The summed E-state index contributed by atoms with van der Waals surface area (Å²) >= 11 is 0. The first kappa shape index (κ1) is 32.7. The van der Waals surface area contributed by atoms with Gasteiger partial charge in [-0.2, -0.15) is 4.58 Å². The van der Waals surface area contributed by atoms with Gasteiger partial charge in [-0.3, -0.25) is 4.79 Å². The van der Waals surface area contributed by atoms with E-state index in [1.54, 1.807) is 0 Å². The first-order valence-corrected chi connectivity index (χ1v) is 18.9. The number of rotatable bonds is 7. The quantitative estimate of drug-likeness (QED) is 0.169. The van der Waals surface area contributed by atoms with Crippen molar-refractivity contribution in [1.29, 1.82) is 0 Å². The number of ether oxygens (including phenoxy) is 2. The average Bonchev–Trinajstić information content (AvgIpc) is 3.45. The van der Waals surface area contributed by atoms with Gasteiger partial charge >= 0.3 is 5.97 Å². The molecular weight excluding hydrogens is 604 g/mol. The first-order chi connectivity index (χ1) is 23.3. The molecule has 0 saturated carbocycles. The molecule has 5 heterocycles. The van der Waals surface area contributed by atoms with Crippen molar-refractivity contribution in [2.75, 3.05) is 24.6 Å². The molecule has 5 nitrogen and oxygen atoms in total. The highest BCUT2D eigenvalue weighted by atomic mass is 16.5. The standard InChI is InChI=1S/C44H55N2O3/c1-9-48-36(47)21-11-10-16-23-44(8)33-18-13-15-20-35(33)45-24-22-31-29(38(44)45)25-28-26-30-37-42(4,5)32-17-12-14-19-34(32)46(37)27-41(2,3)40(30)49-39(28)43(31,6)7/h12-15,17-20,25-26,31,39-40H,9-11,16,21-24,27H2,1-8H3/q+1. The Morgan fingerprint density at radius 2 is 1.65 bits per heavy atom. The minimum atomic E-state index is -0.0941. The van der Waals surface area contributed by atoms with Gasteiger partial charge < -0.3 is 14.4 Å². The average molecular weight is 660 g/mol. The topological polar surface area (TPSA) is 41.8 Å². The number of allylic oxidation sites excluding steroid dienone is 3. The van der Waals surface area contributed by atoms with Crippen LogP contribution in [0.25, 0.3) is 0 Å². The summed E-state index contributed by atoms with van der Waals surface area (Å²) in [5.41, 5.74) is 12.4. The largest absolute Gasteiger partial charge is 0.466 e. The molecule has 0 amide bonds. The van der Waals surface area contributed by atoms with Crippen LogP contribution in [0.1, 0.15) is 105 Å². The van der Waals surface area contributed by atoms with Gasteiger partial charge in [0.2, 0.25) is 5.69 Å². The number of fused-ring (bicyclic) bond motifs is 9. The van der Waals surface area contributed by atoms with Crippen molar-refractivity contribution in [1.82, 2.24) is 0 Å². The Labute approximate surface area is 293 Å². The third-order valence-electron chi connectivity index (χ3n) is 13.1. The highest BCUT2D eigenvalue weighted by molar-refractivity contribution is 6.08. The summed E-state index contributed by atoms with van der Waals surface area (Å²) in [6, 6.07) is 18.1. The van der Waals surface area contributed by atoms with E-state index < -0.39 is 0 Å². The monoisotopic (exact) mass is 659 g/mol. The number of nitrogens with zero attached hydrogens (tertiary/aromatic N) is 2. The summed E-state index contributed by atoms with van der Waals surface area (Å²) in [6.07, 6.45) is 10.9. The fourth-order valence-electron chi connectivity index (χ4n) is 10.9. The second-order valence-electron chi connectivity index (χ2n) is 17.5. The number of hydrogen-bond donors (Lipinski definition) is 0. The summed E-state index contributed by atoms with van der Waals surface area (Å²) < 4.78 is 15.3. The van der Waals surface area contributed by atoms with E-state index in [0.29, 0.717) is 18.9 Å². The molecule has 2 aromatic rings. The molecule has 258 valence electrons. The van der Waals surface area contributed by atoms with E-state index in [0.717, 1.165) is 45.2 Å². The molecule has 5 heteroatoms. The van der Waals surface area contributed by atoms with E-state index in [1.165, 1.54) is 50.6 Å². The molecule has 0 N–H and O–H groups in total. The Morgan fingerprint density at radius 1 is 0.918 bits per heavy atom. The molecule has 4 unspecified atom stereocenters. The van der Waals surface area contributed by atoms with Gasteiger partial charge in [0.25, 0.3) is 0 Å². The fourth-order valence-corrected chi connectivity index (χ4v) is 10.9. The number of benzene rings is 2. The zero-order valence-electron chi connectivity index (χ0n) is 31.0. The zero-order chi connectivity index (χ0) is 34.5. The van der Waals surface area contributed by atoms with Crippen LogP contribution < -0.4 is 4.90 Å². The van der Waals surface area contributed by atoms with Gasteiger partial charge in [0.15, 0.2) is 12.3 Å². The Morgan fingerprint density at radius 3 is 2.43 bits per heavy atom. The summed E-state index contributed by atoms with van der Waals surface area (Å²) in [4.78, 5) is 14.7. The van der Waals surface area contributed by atoms with Gasteiger partial charge in [0.1, 0.15) is 6.10 Å². The second kappa shape index (κ2) is 11.3. The molecule has 0 aromatic heterocycles. The molecule has 49 heavy (non-hydrogen) atoms. The van der Waals surface area contributed by atoms with E-state index >= 15 is 0 Å². The molecule has 0 spiro atoms. The van der Waals surface area contributed by atoms with Gasteiger partial charge in [-0.1, -0.05) is 83.0 Å². The van der Waals surface area contributed by atoms with Crippen molar-refractivity contribution in [3.8, 4) is 0 Å². The summed E-state index contributed by atoms with van der Waals surface area (Å²) in [7, 11) is 0. The van der Waals surface area contributed by atoms with Crippen LogP contribution in [0.2, 0.25) is 0 Å². The minimum absolute atomic E-state index is 0.0362. The number of carbonyl (C=O) groups excluding carboxylic acids is 1. The van der Waals surface area contributed by atoms with Crippen LogP contribution in [-0.2, 0) is 25.1 Å². The van der Waals surface area contributed by atoms with E-state index in [1.807, 2.05) is 6.92 Å². The zero-order valence-corrected chi connectivity index (χ0v) is 31.0. The van der Waals surface area contributed by atoms with Crippen LogP contribution in [0, 0.1) is 16.7 Å². The maximum absolute atomic E-state index is 12.0. The van der Waals surface area contributed by atoms with Gasteiger partial charge in [-0.25, -0.2) is 0 Å². The van der Waals surface area contributed by atoms with Crippen LogP contribution in [0.3, 0.4) is 0 Å². The number of anilines is 1. The highest BCUT2D eigenvalue weighted by Crippen LogP contribution is 2.61. The molecule has 5 aliphatic heterocycles. The van der Waals surface area contributed by atoms with E-state index in [4.69, 9.17) is 9.47 Å². The van der Waals surface area contributed by atoms with Crippen LogP contribution in [0.15, 0.2) is 83.1 Å². The third-order valence-corrected chi connectivity index (χ3v) is 13.1. The molecular formula is C44H55N2O3+. The Bertz CT molecular complexity index is 1850. The summed E-state index contributed by atoms with van der Waals surface area (Å²) in [6.45, 7) is 21.4. The number of esters is 1. The molecule has 8 rings (SSSR count). The van der Waals surface area contributed by atoms with Gasteiger partial charge in [-0.05, 0) is 81.7 Å². The summed E-state index contributed by atoms with van der Waals surface area (Å²) in [5, 5.41) is 0. The van der Waals surface area contributed by atoms with Crippen molar-refractivity contribution in [2.24, 2.45) is 16.7 Å². The van der Waals surface area contributed by atoms with Gasteiger partial charge in [0.05, 0.1) is 23.5 Å². The Hall–Kier alpha value is -3.44. The number of hydrogen-bond acceptors (Lipinski definition) is 4. The van der Waals surface area contributed by atoms with Crippen molar-refractivity contribution in [2.45, 2.75) is 117 Å². The molecule has 0 saturated heterocycles. The van der Waals surface area contributed by atoms with Gasteiger partial charge in [0, 0.05) is 52.4 Å². The first-order valence-electron chi connectivity index (χ1n) is 18.9. The van der Waals surface area contributed by atoms with Gasteiger partial charge in [-0.15, -0.1) is 0 Å². The maximum atomic E-state index is 12.0.